The maximum absolute atomic E-state index is 13.0. The first-order chi connectivity index (χ1) is 14.2. The smallest absolute Gasteiger partial charge is 0.365 e. The third-order valence-corrected chi connectivity index (χ3v) is 4.64. The first-order valence-corrected chi connectivity index (χ1v) is 9.35. The summed E-state index contributed by atoms with van der Waals surface area (Å²) in [5.41, 5.74) is 0.0927. The van der Waals surface area contributed by atoms with Gasteiger partial charge in [-0.15, -0.1) is 0 Å². The van der Waals surface area contributed by atoms with E-state index in [-0.39, 0.29) is 18.1 Å². The Balaban J connectivity index is 1.69. The van der Waals surface area contributed by atoms with Crippen molar-refractivity contribution in [1.29, 1.82) is 0 Å². The molecule has 0 spiro atoms. The van der Waals surface area contributed by atoms with Gasteiger partial charge in [-0.25, -0.2) is 0 Å². The second kappa shape index (κ2) is 8.66. The summed E-state index contributed by atoms with van der Waals surface area (Å²) in [4.78, 5) is 26.1. The van der Waals surface area contributed by atoms with E-state index in [9.17, 15) is 22.8 Å². The predicted octanol–water partition coefficient (Wildman–Crippen LogP) is 4.27. The van der Waals surface area contributed by atoms with Crippen LogP contribution >= 0.6 is 11.6 Å². The van der Waals surface area contributed by atoms with Gasteiger partial charge in [0.25, 0.3) is 5.91 Å². The predicted molar refractivity (Wildman–Crippen MR) is 108 cm³/mol. The van der Waals surface area contributed by atoms with Gasteiger partial charge in [0.15, 0.2) is 0 Å². The number of nitrogens with zero attached hydrogens (tertiary/aromatic N) is 1. The molecule has 0 atom stereocenters. The molecular formula is C20H18ClF3N4O2. The fraction of sp³-hybridized carbons (Fsp3) is 0.200. The van der Waals surface area contributed by atoms with Gasteiger partial charge in [0.05, 0.1) is 28.4 Å². The van der Waals surface area contributed by atoms with Crippen molar-refractivity contribution in [1.82, 2.24) is 10.2 Å². The Bertz CT molecular complexity index is 1010. The van der Waals surface area contributed by atoms with E-state index in [1.54, 1.807) is 42.3 Å². The maximum Gasteiger partial charge on any atom is 0.417 e. The highest BCUT2D eigenvalue weighted by molar-refractivity contribution is 6.31. The van der Waals surface area contributed by atoms with Crippen LogP contribution in [0.15, 0.2) is 54.5 Å². The fourth-order valence-corrected chi connectivity index (χ4v) is 3.08. The highest BCUT2D eigenvalue weighted by Gasteiger charge is 2.33. The number of alkyl halides is 3. The third kappa shape index (κ3) is 5.04. The zero-order valence-corrected chi connectivity index (χ0v) is 16.6. The summed E-state index contributed by atoms with van der Waals surface area (Å²) >= 11 is 5.59. The summed E-state index contributed by atoms with van der Waals surface area (Å²) in [5, 5.41) is 7.74. The zero-order chi connectivity index (χ0) is 21.9. The Kier molecular flexibility index (Phi) is 6.21. The van der Waals surface area contributed by atoms with E-state index in [2.05, 4.69) is 16.0 Å². The van der Waals surface area contributed by atoms with Gasteiger partial charge in [-0.3, -0.25) is 9.59 Å². The number of benzene rings is 2. The molecule has 1 aliphatic rings. The second-order valence-electron chi connectivity index (χ2n) is 6.47. The van der Waals surface area contributed by atoms with Gasteiger partial charge in [-0.2, -0.15) is 13.2 Å². The van der Waals surface area contributed by atoms with Gasteiger partial charge in [-0.05, 0) is 37.3 Å². The Morgan fingerprint density at radius 2 is 1.93 bits per heavy atom. The molecule has 0 saturated heterocycles. The van der Waals surface area contributed by atoms with E-state index >= 15 is 0 Å². The molecule has 158 valence electrons. The molecule has 0 aromatic heterocycles. The van der Waals surface area contributed by atoms with Gasteiger partial charge in [0, 0.05) is 18.4 Å². The summed E-state index contributed by atoms with van der Waals surface area (Å²) in [6, 6.07) is 10.1. The number of halogens is 4. The molecule has 2 aromatic carbocycles. The maximum atomic E-state index is 13.0. The molecule has 2 amide bonds. The largest absolute Gasteiger partial charge is 0.417 e. The Morgan fingerprint density at radius 3 is 2.63 bits per heavy atom. The molecule has 1 aliphatic heterocycles. The molecule has 6 nitrogen and oxygen atoms in total. The molecule has 10 heteroatoms. The Hall–Kier alpha value is -3.20. The number of hydrogen-bond donors (Lipinski definition) is 3. The number of carbonyl (C=O) groups is 2. The molecule has 0 unspecified atom stereocenters. The number of carbonyl (C=O) groups excluding carboxylic acids is 2. The van der Waals surface area contributed by atoms with E-state index in [4.69, 9.17) is 11.6 Å². The van der Waals surface area contributed by atoms with Crippen molar-refractivity contribution < 1.29 is 22.8 Å². The summed E-state index contributed by atoms with van der Waals surface area (Å²) in [7, 11) is 0. The van der Waals surface area contributed by atoms with Crippen LogP contribution in [0.5, 0.6) is 0 Å². The molecular weight excluding hydrogens is 421 g/mol. The van der Waals surface area contributed by atoms with Crippen molar-refractivity contribution >= 4 is 34.8 Å². The summed E-state index contributed by atoms with van der Waals surface area (Å²) in [6.45, 7) is 2.08. The quantitative estimate of drug-likeness (QED) is 0.651. The molecule has 0 saturated carbocycles. The van der Waals surface area contributed by atoms with E-state index in [1.165, 1.54) is 6.07 Å². The second-order valence-corrected chi connectivity index (χ2v) is 6.88. The van der Waals surface area contributed by atoms with Crippen molar-refractivity contribution in [2.45, 2.75) is 13.1 Å². The number of fused-ring (bicyclic) bond motifs is 1. The van der Waals surface area contributed by atoms with Crippen LogP contribution in [0.4, 0.5) is 24.5 Å². The SMILES string of the molecule is CCN(C=C1NC(=O)c2ccccc2N1)CC(=O)Nc1ccc(Cl)c(C(F)(F)F)c1. The van der Waals surface area contributed by atoms with E-state index in [1.807, 2.05) is 0 Å². The molecule has 0 aliphatic carbocycles. The van der Waals surface area contributed by atoms with Crippen molar-refractivity contribution in [3.63, 3.8) is 0 Å². The number of hydrogen-bond acceptors (Lipinski definition) is 4. The number of amides is 2. The van der Waals surface area contributed by atoms with Crippen LogP contribution in [0.2, 0.25) is 5.02 Å². The monoisotopic (exact) mass is 438 g/mol. The lowest BCUT2D eigenvalue weighted by molar-refractivity contribution is -0.137. The van der Waals surface area contributed by atoms with Crippen LogP contribution in [-0.4, -0.2) is 29.8 Å². The Labute approximate surface area is 175 Å². The molecule has 3 rings (SSSR count). The average molecular weight is 439 g/mol. The summed E-state index contributed by atoms with van der Waals surface area (Å²) in [5.74, 6) is -0.414. The molecule has 30 heavy (non-hydrogen) atoms. The zero-order valence-electron chi connectivity index (χ0n) is 15.8. The molecule has 1 heterocycles. The fourth-order valence-electron chi connectivity index (χ4n) is 2.86. The number of rotatable bonds is 5. The molecule has 0 bridgehead atoms. The van der Waals surface area contributed by atoms with E-state index < -0.39 is 22.7 Å². The van der Waals surface area contributed by atoms with Crippen molar-refractivity contribution in [3.05, 3.63) is 70.6 Å². The molecule has 0 fully saturated rings. The number of likely N-dealkylation sites (N-methyl/N-ethyl adjacent to an activating group) is 1. The summed E-state index contributed by atoms with van der Waals surface area (Å²) < 4.78 is 38.9. The van der Waals surface area contributed by atoms with Crippen molar-refractivity contribution in [2.75, 3.05) is 23.7 Å². The lowest BCUT2D eigenvalue weighted by atomic mass is 10.1. The minimum Gasteiger partial charge on any atom is -0.365 e. The van der Waals surface area contributed by atoms with E-state index in [0.29, 0.717) is 23.6 Å². The van der Waals surface area contributed by atoms with Gasteiger partial charge in [0.2, 0.25) is 5.91 Å². The molecule has 0 radical (unpaired) electrons. The number of anilines is 2. The first kappa shape index (κ1) is 21.5. The van der Waals surface area contributed by atoms with Gasteiger partial charge in [-0.1, -0.05) is 23.7 Å². The summed E-state index contributed by atoms with van der Waals surface area (Å²) in [6.07, 6.45) is -3.06. The lowest BCUT2D eigenvalue weighted by Gasteiger charge is -2.25. The minimum absolute atomic E-state index is 0.0153. The lowest BCUT2D eigenvalue weighted by Crippen LogP contribution is -2.36. The van der Waals surface area contributed by atoms with Crippen LogP contribution in [0.1, 0.15) is 22.8 Å². The van der Waals surface area contributed by atoms with Gasteiger partial charge in [0.1, 0.15) is 5.82 Å². The van der Waals surface area contributed by atoms with Crippen molar-refractivity contribution in [2.24, 2.45) is 0 Å². The molecule has 3 N–H and O–H groups in total. The third-order valence-electron chi connectivity index (χ3n) is 4.31. The van der Waals surface area contributed by atoms with Crippen LogP contribution in [0.25, 0.3) is 0 Å². The normalized spacial score (nSPS) is 14.6. The standard InChI is InChI=1S/C20H18ClF3N4O2/c1-2-28(10-17-26-16-6-4-3-5-13(16)19(30)27-17)11-18(29)25-12-7-8-15(21)14(9-12)20(22,23)24/h3-10,26H,2,11H2,1H3,(H,25,29)(H,27,30). The highest BCUT2D eigenvalue weighted by Crippen LogP contribution is 2.36. The number of nitrogens with one attached hydrogen (secondary N) is 3. The van der Waals surface area contributed by atoms with Crippen LogP contribution in [0, 0.1) is 0 Å². The topological polar surface area (TPSA) is 73.5 Å². The van der Waals surface area contributed by atoms with Gasteiger partial charge < -0.3 is 20.9 Å². The minimum atomic E-state index is -4.63. The highest BCUT2D eigenvalue weighted by atomic mass is 35.5. The van der Waals surface area contributed by atoms with Crippen LogP contribution < -0.4 is 16.0 Å². The van der Waals surface area contributed by atoms with Crippen LogP contribution in [0.3, 0.4) is 0 Å². The van der Waals surface area contributed by atoms with Crippen LogP contribution in [-0.2, 0) is 11.0 Å². The Morgan fingerprint density at radius 1 is 1.20 bits per heavy atom. The molecule has 2 aromatic rings. The number of para-hydroxylation sites is 1. The van der Waals surface area contributed by atoms with Gasteiger partial charge >= 0.3 is 6.18 Å². The average Bonchev–Trinajstić information content (AvgIpc) is 2.68. The van der Waals surface area contributed by atoms with E-state index in [0.717, 1.165) is 12.1 Å². The first-order valence-electron chi connectivity index (χ1n) is 8.97. The van der Waals surface area contributed by atoms with Crippen molar-refractivity contribution in [3.8, 4) is 0 Å².